The molecule has 0 bridgehead atoms. The summed E-state index contributed by atoms with van der Waals surface area (Å²) in [5.41, 5.74) is 4.82. The van der Waals surface area contributed by atoms with Gasteiger partial charge in [0, 0.05) is 31.7 Å². The van der Waals surface area contributed by atoms with Crippen molar-refractivity contribution in [2.75, 3.05) is 67.8 Å². The van der Waals surface area contributed by atoms with Gasteiger partial charge in [0.1, 0.15) is 22.8 Å². The number of esters is 1. The summed E-state index contributed by atoms with van der Waals surface area (Å²) >= 11 is 6.31. The van der Waals surface area contributed by atoms with Gasteiger partial charge in [0.2, 0.25) is 17.8 Å². The Labute approximate surface area is 252 Å². The molecule has 2 aliphatic rings. The van der Waals surface area contributed by atoms with E-state index in [0.717, 1.165) is 5.56 Å². The van der Waals surface area contributed by atoms with Gasteiger partial charge in [-0.15, -0.1) is 0 Å². The zero-order valence-electron chi connectivity index (χ0n) is 23.4. The average Bonchev–Trinajstić information content (AvgIpc) is 3.44. The van der Waals surface area contributed by atoms with Crippen LogP contribution in [0.15, 0.2) is 58.2 Å². The number of nitrogens with one attached hydrogen (secondary N) is 1. The summed E-state index contributed by atoms with van der Waals surface area (Å²) in [5, 5.41) is 8.81. The third-order valence-electron chi connectivity index (χ3n) is 6.86. The van der Waals surface area contributed by atoms with Gasteiger partial charge >= 0.3 is 5.97 Å². The Kier molecular flexibility index (Phi) is 8.72. The zero-order valence-corrected chi connectivity index (χ0v) is 24.2. The van der Waals surface area contributed by atoms with Crippen LogP contribution in [0.4, 0.5) is 17.8 Å². The molecule has 0 saturated carbocycles. The standard InChI is InChI=1S/C29H29ClN8O5/c1-19-24(25(36-43-19)22-4-2-3-5-23(22)30)26(39)42-21-8-6-20(7-9-21)18-31-35-27-32-28(37-10-14-40-15-11-37)34-29(33-27)38-12-16-41-17-13-38/h2-9,18H,10-17H2,1H3,(H,32,33,34,35). The maximum Gasteiger partial charge on any atom is 0.349 e. The van der Waals surface area contributed by atoms with Gasteiger partial charge in [0.15, 0.2) is 0 Å². The first-order chi connectivity index (χ1) is 21.0. The molecule has 2 saturated heterocycles. The third kappa shape index (κ3) is 6.74. The molecule has 43 heavy (non-hydrogen) atoms. The van der Waals surface area contributed by atoms with Gasteiger partial charge < -0.3 is 28.5 Å². The number of rotatable bonds is 8. The van der Waals surface area contributed by atoms with Crippen LogP contribution in [0.25, 0.3) is 11.3 Å². The quantitative estimate of drug-likeness (QED) is 0.135. The number of halogens is 1. The van der Waals surface area contributed by atoms with Gasteiger partial charge in [0.05, 0.1) is 37.7 Å². The van der Waals surface area contributed by atoms with Crippen LogP contribution in [0, 0.1) is 6.92 Å². The highest BCUT2D eigenvalue weighted by molar-refractivity contribution is 6.33. The van der Waals surface area contributed by atoms with Crippen LogP contribution >= 0.6 is 11.6 Å². The smallest absolute Gasteiger partial charge is 0.349 e. The molecule has 222 valence electrons. The van der Waals surface area contributed by atoms with Gasteiger partial charge in [-0.2, -0.15) is 20.1 Å². The molecule has 2 aromatic heterocycles. The number of hydrazone groups is 1. The Hall–Kier alpha value is -4.59. The SMILES string of the molecule is Cc1onc(-c2ccccc2Cl)c1C(=O)Oc1ccc(C=NNc2nc(N3CCOCC3)nc(N3CCOCC3)n2)cc1. The second-order valence-electron chi connectivity index (χ2n) is 9.73. The molecule has 0 spiro atoms. The van der Waals surface area contributed by atoms with Crippen molar-refractivity contribution < 1.29 is 23.5 Å². The summed E-state index contributed by atoms with van der Waals surface area (Å²) in [6.45, 7) is 6.91. The number of anilines is 3. The predicted octanol–water partition coefficient (Wildman–Crippen LogP) is 3.83. The van der Waals surface area contributed by atoms with E-state index in [0.29, 0.717) is 98.2 Å². The van der Waals surface area contributed by atoms with E-state index < -0.39 is 5.97 Å². The molecule has 0 aliphatic carbocycles. The van der Waals surface area contributed by atoms with Crippen molar-refractivity contribution in [3.8, 4) is 17.0 Å². The molecule has 0 amide bonds. The lowest BCUT2D eigenvalue weighted by atomic mass is 10.1. The number of carbonyl (C=O) groups excluding carboxylic acids is 1. The number of aryl methyl sites for hydroxylation is 1. The first kappa shape index (κ1) is 28.5. The number of hydrogen-bond acceptors (Lipinski definition) is 13. The number of hydrogen-bond donors (Lipinski definition) is 1. The van der Waals surface area contributed by atoms with E-state index in [1.807, 2.05) is 6.07 Å². The third-order valence-corrected chi connectivity index (χ3v) is 7.19. The van der Waals surface area contributed by atoms with Gasteiger partial charge in [-0.05, 0) is 42.8 Å². The van der Waals surface area contributed by atoms with E-state index in [1.54, 1.807) is 55.6 Å². The molecule has 2 aliphatic heterocycles. The van der Waals surface area contributed by atoms with Crippen molar-refractivity contribution in [3.05, 3.63) is 70.4 Å². The van der Waals surface area contributed by atoms with Crippen LogP contribution < -0.4 is 20.0 Å². The lowest BCUT2D eigenvalue weighted by Gasteiger charge is -2.30. The Balaban J connectivity index is 1.13. The normalized spacial score (nSPS) is 15.6. The van der Waals surface area contributed by atoms with Crippen molar-refractivity contribution >= 4 is 41.6 Å². The highest BCUT2D eigenvalue weighted by Crippen LogP contribution is 2.31. The van der Waals surface area contributed by atoms with E-state index in [1.165, 1.54) is 0 Å². The van der Waals surface area contributed by atoms with E-state index in [4.69, 9.17) is 35.3 Å². The fourth-order valence-electron chi connectivity index (χ4n) is 4.61. The first-order valence-corrected chi connectivity index (χ1v) is 14.2. The summed E-state index contributed by atoms with van der Waals surface area (Å²) < 4.78 is 21.8. The minimum Gasteiger partial charge on any atom is -0.423 e. The van der Waals surface area contributed by atoms with Gasteiger partial charge in [-0.25, -0.2) is 10.2 Å². The maximum atomic E-state index is 13.1. The van der Waals surface area contributed by atoms with Crippen molar-refractivity contribution in [2.45, 2.75) is 6.92 Å². The topological polar surface area (TPSA) is 140 Å². The summed E-state index contributed by atoms with van der Waals surface area (Å²) in [6, 6.07) is 14.0. The summed E-state index contributed by atoms with van der Waals surface area (Å²) in [4.78, 5) is 31.1. The Morgan fingerprint density at radius 3 is 2.19 bits per heavy atom. The Morgan fingerprint density at radius 1 is 0.930 bits per heavy atom. The number of morpholine rings is 2. The minimum atomic E-state index is -0.598. The molecule has 14 heteroatoms. The van der Waals surface area contributed by atoms with Crippen LogP contribution in [-0.4, -0.2) is 84.9 Å². The van der Waals surface area contributed by atoms with Gasteiger partial charge in [0.25, 0.3) is 0 Å². The largest absolute Gasteiger partial charge is 0.423 e. The summed E-state index contributed by atoms with van der Waals surface area (Å²) in [6.07, 6.45) is 1.62. The molecular weight excluding hydrogens is 576 g/mol. The number of nitrogens with zero attached hydrogens (tertiary/aromatic N) is 7. The number of ether oxygens (including phenoxy) is 3. The van der Waals surface area contributed by atoms with Gasteiger partial charge in [-0.3, -0.25) is 0 Å². The summed E-state index contributed by atoms with van der Waals surface area (Å²) in [5.74, 6) is 1.57. The highest BCUT2D eigenvalue weighted by Gasteiger charge is 2.25. The average molecular weight is 605 g/mol. The molecule has 0 radical (unpaired) electrons. The van der Waals surface area contributed by atoms with Crippen LogP contribution in [0.1, 0.15) is 21.7 Å². The molecule has 2 fully saturated rings. The molecule has 4 aromatic rings. The molecule has 4 heterocycles. The van der Waals surface area contributed by atoms with Crippen molar-refractivity contribution in [1.29, 1.82) is 0 Å². The van der Waals surface area contributed by atoms with Gasteiger partial charge in [-0.1, -0.05) is 35.0 Å². The number of benzene rings is 2. The van der Waals surface area contributed by atoms with E-state index >= 15 is 0 Å². The van der Waals surface area contributed by atoms with Crippen molar-refractivity contribution in [3.63, 3.8) is 0 Å². The molecule has 6 rings (SSSR count). The van der Waals surface area contributed by atoms with E-state index in [-0.39, 0.29) is 5.56 Å². The lowest BCUT2D eigenvalue weighted by molar-refractivity contribution is 0.0733. The monoisotopic (exact) mass is 604 g/mol. The maximum absolute atomic E-state index is 13.1. The van der Waals surface area contributed by atoms with Crippen LogP contribution in [0.2, 0.25) is 5.02 Å². The molecule has 0 atom stereocenters. The predicted molar refractivity (Wildman–Crippen MR) is 160 cm³/mol. The zero-order chi connectivity index (χ0) is 29.6. The van der Waals surface area contributed by atoms with E-state index in [2.05, 4.69) is 35.5 Å². The molecule has 1 N–H and O–H groups in total. The molecule has 0 unspecified atom stereocenters. The molecule has 13 nitrogen and oxygen atoms in total. The van der Waals surface area contributed by atoms with Crippen LogP contribution in [0.5, 0.6) is 5.75 Å². The van der Waals surface area contributed by atoms with Crippen molar-refractivity contribution in [2.24, 2.45) is 5.10 Å². The summed E-state index contributed by atoms with van der Waals surface area (Å²) in [7, 11) is 0. The lowest BCUT2D eigenvalue weighted by Crippen LogP contribution is -2.40. The first-order valence-electron chi connectivity index (χ1n) is 13.8. The fraction of sp³-hybridized carbons (Fsp3) is 0.310. The minimum absolute atomic E-state index is 0.216. The molecular formula is C29H29ClN8O5. The Morgan fingerprint density at radius 2 is 1.56 bits per heavy atom. The second kappa shape index (κ2) is 13.2. The number of carbonyl (C=O) groups is 1. The molecule has 2 aromatic carbocycles. The van der Waals surface area contributed by atoms with Crippen molar-refractivity contribution in [1.82, 2.24) is 20.1 Å². The Bertz CT molecular complexity index is 1560. The highest BCUT2D eigenvalue weighted by atomic mass is 35.5. The van der Waals surface area contributed by atoms with E-state index in [9.17, 15) is 4.79 Å². The van der Waals surface area contributed by atoms with Crippen LogP contribution in [0.3, 0.4) is 0 Å². The van der Waals surface area contributed by atoms with Crippen LogP contribution in [-0.2, 0) is 9.47 Å². The second-order valence-corrected chi connectivity index (χ2v) is 10.1. The fourth-order valence-corrected chi connectivity index (χ4v) is 4.83. The number of aromatic nitrogens is 4.